The maximum Gasteiger partial charge on any atom is 0.240 e. The van der Waals surface area contributed by atoms with Gasteiger partial charge in [0, 0.05) is 11.6 Å². The van der Waals surface area contributed by atoms with Gasteiger partial charge in [-0.05, 0) is 51.3 Å². The Bertz CT molecular complexity index is 493. The summed E-state index contributed by atoms with van der Waals surface area (Å²) in [6, 6.07) is 3.49. The summed E-state index contributed by atoms with van der Waals surface area (Å²) < 4.78 is 27.3. The summed E-state index contributed by atoms with van der Waals surface area (Å²) in [5, 5.41) is 6.13. The Morgan fingerprint density at radius 2 is 2.10 bits per heavy atom. The monoisotopic (exact) mass is 296 g/mol. The Labute approximate surface area is 124 Å². The lowest BCUT2D eigenvalue weighted by molar-refractivity contribution is -0.127. The third-order valence-corrected chi connectivity index (χ3v) is 4.23. The summed E-state index contributed by atoms with van der Waals surface area (Å²) in [5.41, 5.74) is -0.502. The lowest BCUT2D eigenvalue weighted by atomic mass is 9.92. The van der Waals surface area contributed by atoms with E-state index in [0.29, 0.717) is 6.42 Å². The first-order valence-electron chi connectivity index (χ1n) is 7.47. The van der Waals surface area contributed by atoms with Crippen LogP contribution in [0.15, 0.2) is 18.2 Å². The molecule has 2 rings (SSSR count). The molecule has 1 heterocycles. The molecule has 1 amide bonds. The highest BCUT2D eigenvalue weighted by atomic mass is 19.1. The van der Waals surface area contributed by atoms with Crippen LogP contribution in [0.1, 0.15) is 38.7 Å². The maximum atomic E-state index is 13.6. The molecule has 3 nitrogen and oxygen atoms in total. The first kappa shape index (κ1) is 15.9. The molecular formula is C16H22F2N2O. The third kappa shape index (κ3) is 3.40. The molecule has 1 aliphatic heterocycles. The summed E-state index contributed by atoms with van der Waals surface area (Å²) in [6.07, 6.45) is 2.62. The molecule has 1 aromatic carbocycles. The van der Waals surface area contributed by atoms with Crippen molar-refractivity contribution in [3.63, 3.8) is 0 Å². The van der Waals surface area contributed by atoms with Gasteiger partial charge in [0.15, 0.2) is 0 Å². The highest BCUT2D eigenvalue weighted by Crippen LogP contribution is 2.23. The van der Waals surface area contributed by atoms with Crippen LogP contribution in [0.5, 0.6) is 0 Å². The van der Waals surface area contributed by atoms with Crippen molar-refractivity contribution in [1.82, 2.24) is 10.6 Å². The molecule has 0 radical (unpaired) electrons. The minimum Gasteiger partial charge on any atom is -0.352 e. The molecule has 2 unspecified atom stereocenters. The number of carbonyl (C=O) groups is 1. The van der Waals surface area contributed by atoms with Crippen LogP contribution in [0.25, 0.3) is 0 Å². The van der Waals surface area contributed by atoms with Crippen LogP contribution in [-0.2, 0) is 11.2 Å². The molecule has 2 N–H and O–H groups in total. The van der Waals surface area contributed by atoms with Gasteiger partial charge in [-0.2, -0.15) is 0 Å². The van der Waals surface area contributed by atoms with Crippen LogP contribution in [-0.4, -0.2) is 24.0 Å². The molecule has 0 saturated carbocycles. The Morgan fingerprint density at radius 1 is 1.43 bits per heavy atom. The first-order chi connectivity index (χ1) is 9.98. The van der Waals surface area contributed by atoms with E-state index >= 15 is 0 Å². The predicted octanol–water partition coefficient (Wildman–Crippen LogP) is 2.54. The number of amides is 1. The Balaban J connectivity index is 2.01. The summed E-state index contributed by atoms with van der Waals surface area (Å²) in [7, 11) is 0. The molecule has 1 fully saturated rings. The number of rotatable bonds is 5. The van der Waals surface area contributed by atoms with Gasteiger partial charge in [0.05, 0.1) is 5.54 Å². The van der Waals surface area contributed by atoms with Crippen molar-refractivity contribution in [3.05, 3.63) is 35.4 Å². The van der Waals surface area contributed by atoms with Gasteiger partial charge < -0.3 is 10.6 Å². The van der Waals surface area contributed by atoms with E-state index in [9.17, 15) is 13.6 Å². The average molecular weight is 296 g/mol. The van der Waals surface area contributed by atoms with E-state index in [2.05, 4.69) is 10.6 Å². The topological polar surface area (TPSA) is 41.1 Å². The number of halogens is 2. The zero-order chi connectivity index (χ0) is 15.5. The fraction of sp³-hybridized carbons (Fsp3) is 0.562. The molecule has 5 heteroatoms. The molecule has 0 aliphatic carbocycles. The summed E-state index contributed by atoms with van der Waals surface area (Å²) in [4.78, 5) is 12.4. The second kappa shape index (κ2) is 6.52. The molecule has 1 aromatic rings. The lowest BCUT2D eigenvalue weighted by Crippen LogP contribution is -2.55. The minimum absolute atomic E-state index is 0.0234. The van der Waals surface area contributed by atoms with Gasteiger partial charge in [-0.25, -0.2) is 8.78 Å². The van der Waals surface area contributed by atoms with Gasteiger partial charge in [-0.1, -0.05) is 13.0 Å². The van der Waals surface area contributed by atoms with E-state index in [1.165, 1.54) is 18.2 Å². The van der Waals surface area contributed by atoms with E-state index in [-0.39, 0.29) is 23.9 Å². The van der Waals surface area contributed by atoms with Crippen LogP contribution >= 0.6 is 0 Å². The van der Waals surface area contributed by atoms with Crippen LogP contribution in [0.4, 0.5) is 8.78 Å². The highest BCUT2D eigenvalue weighted by molar-refractivity contribution is 5.86. The van der Waals surface area contributed by atoms with Crippen LogP contribution < -0.4 is 10.6 Å². The van der Waals surface area contributed by atoms with Gasteiger partial charge in [0.2, 0.25) is 5.91 Å². The van der Waals surface area contributed by atoms with E-state index in [4.69, 9.17) is 0 Å². The second-order valence-corrected chi connectivity index (χ2v) is 5.74. The number of benzene rings is 1. The lowest BCUT2D eigenvalue weighted by Gasteiger charge is -2.28. The smallest absolute Gasteiger partial charge is 0.240 e. The fourth-order valence-corrected chi connectivity index (χ4v) is 2.91. The van der Waals surface area contributed by atoms with E-state index in [0.717, 1.165) is 19.4 Å². The predicted molar refractivity (Wildman–Crippen MR) is 77.9 cm³/mol. The Morgan fingerprint density at radius 3 is 2.62 bits per heavy atom. The SMILES string of the molecule is CCC1(C(=O)NC(C)Cc2c(F)cccc2F)CCCN1. The highest BCUT2D eigenvalue weighted by Gasteiger charge is 2.39. The van der Waals surface area contributed by atoms with Crippen molar-refractivity contribution >= 4 is 5.91 Å². The van der Waals surface area contributed by atoms with Gasteiger partial charge in [0.25, 0.3) is 0 Å². The van der Waals surface area contributed by atoms with Gasteiger partial charge >= 0.3 is 0 Å². The van der Waals surface area contributed by atoms with Gasteiger partial charge in [-0.15, -0.1) is 0 Å². The van der Waals surface area contributed by atoms with E-state index in [1.807, 2.05) is 6.92 Å². The summed E-state index contributed by atoms with van der Waals surface area (Å²) in [5.74, 6) is -1.22. The molecule has 2 atom stereocenters. The van der Waals surface area contributed by atoms with E-state index in [1.54, 1.807) is 6.92 Å². The standard InChI is InChI=1S/C16H22F2N2O/c1-3-16(8-5-9-19-16)15(21)20-11(2)10-12-13(17)6-4-7-14(12)18/h4,6-7,11,19H,3,5,8-10H2,1-2H3,(H,20,21). The maximum absolute atomic E-state index is 13.6. The molecule has 0 bridgehead atoms. The van der Waals surface area contributed by atoms with Crippen LogP contribution in [0.3, 0.4) is 0 Å². The number of carbonyl (C=O) groups excluding carboxylic acids is 1. The summed E-state index contributed by atoms with van der Waals surface area (Å²) >= 11 is 0. The largest absolute Gasteiger partial charge is 0.352 e. The average Bonchev–Trinajstić information content (AvgIpc) is 2.93. The van der Waals surface area contributed by atoms with Gasteiger partial charge in [-0.3, -0.25) is 4.79 Å². The van der Waals surface area contributed by atoms with Gasteiger partial charge in [0.1, 0.15) is 11.6 Å². The van der Waals surface area contributed by atoms with Crippen LogP contribution in [0, 0.1) is 11.6 Å². The quantitative estimate of drug-likeness (QED) is 0.877. The first-order valence-corrected chi connectivity index (χ1v) is 7.47. The molecule has 21 heavy (non-hydrogen) atoms. The molecule has 1 aliphatic rings. The minimum atomic E-state index is -0.569. The normalized spacial score (nSPS) is 23.0. The molecular weight excluding hydrogens is 274 g/mol. The van der Waals surface area contributed by atoms with Crippen molar-refractivity contribution in [3.8, 4) is 0 Å². The van der Waals surface area contributed by atoms with E-state index < -0.39 is 17.2 Å². The molecule has 0 spiro atoms. The Hall–Kier alpha value is -1.49. The van der Waals surface area contributed by atoms with Crippen molar-refractivity contribution in [2.24, 2.45) is 0 Å². The van der Waals surface area contributed by atoms with Crippen molar-refractivity contribution < 1.29 is 13.6 Å². The number of hydrogen-bond donors (Lipinski definition) is 2. The zero-order valence-electron chi connectivity index (χ0n) is 12.5. The zero-order valence-corrected chi connectivity index (χ0v) is 12.5. The molecule has 116 valence electrons. The third-order valence-electron chi connectivity index (χ3n) is 4.23. The van der Waals surface area contributed by atoms with Crippen molar-refractivity contribution in [1.29, 1.82) is 0 Å². The number of nitrogens with one attached hydrogen (secondary N) is 2. The second-order valence-electron chi connectivity index (χ2n) is 5.74. The Kier molecular flexibility index (Phi) is 4.93. The van der Waals surface area contributed by atoms with Crippen molar-refractivity contribution in [2.75, 3.05) is 6.54 Å². The molecule has 1 saturated heterocycles. The van der Waals surface area contributed by atoms with Crippen molar-refractivity contribution in [2.45, 2.75) is 51.1 Å². The summed E-state index contributed by atoms with van der Waals surface area (Å²) in [6.45, 7) is 4.57. The fourth-order valence-electron chi connectivity index (χ4n) is 2.91. The molecule has 0 aromatic heterocycles. The number of hydrogen-bond acceptors (Lipinski definition) is 2. The van der Waals surface area contributed by atoms with Crippen LogP contribution in [0.2, 0.25) is 0 Å².